The molecule has 46 heavy (non-hydrogen) atoms. The molecule has 8 rings (SSSR count). The van der Waals surface area contributed by atoms with Gasteiger partial charge in [-0.1, -0.05) is 165 Å². The molecule has 3 unspecified atom stereocenters. The highest BCUT2D eigenvalue weighted by molar-refractivity contribution is 6.12. The van der Waals surface area contributed by atoms with Crippen LogP contribution in [-0.4, -0.2) is 12.1 Å². The Balaban J connectivity index is 1.14. The van der Waals surface area contributed by atoms with Crippen LogP contribution in [0.4, 0.5) is 0 Å². The molecule has 0 radical (unpaired) electrons. The normalized spacial score (nSPS) is 22.9. The van der Waals surface area contributed by atoms with E-state index in [0.29, 0.717) is 12.5 Å². The van der Waals surface area contributed by atoms with Crippen molar-refractivity contribution >= 4 is 32.7 Å². The van der Waals surface area contributed by atoms with Crippen molar-refractivity contribution < 1.29 is 2.74 Å². The molecule has 0 heterocycles. The predicted octanol–water partition coefficient (Wildman–Crippen LogP) is 10.7. The molecule has 3 aliphatic rings. The largest absolute Gasteiger partial charge is 0.304 e. The minimum Gasteiger partial charge on any atom is -0.304 e. The zero-order valence-corrected chi connectivity index (χ0v) is 25.8. The second-order valence-corrected chi connectivity index (χ2v) is 12.4. The molecule has 5 aromatic rings. The van der Waals surface area contributed by atoms with Gasteiger partial charge in [0.15, 0.2) is 0 Å². The molecule has 0 fully saturated rings. The van der Waals surface area contributed by atoms with E-state index in [-0.39, 0.29) is 18.1 Å². The predicted molar refractivity (Wildman–Crippen MR) is 197 cm³/mol. The topological polar surface area (TPSA) is 12.0 Å². The van der Waals surface area contributed by atoms with Gasteiger partial charge in [0.25, 0.3) is 0 Å². The van der Waals surface area contributed by atoms with Gasteiger partial charge in [-0.05, 0) is 85.0 Å². The molecule has 1 nitrogen and oxygen atoms in total. The molecule has 0 aromatic heterocycles. The van der Waals surface area contributed by atoms with Crippen molar-refractivity contribution in [1.82, 2.24) is 5.32 Å². The molecule has 5 aromatic carbocycles. The van der Waals surface area contributed by atoms with Crippen LogP contribution in [0.5, 0.6) is 0 Å². The van der Waals surface area contributed by atoms with Crippen molar-refractivity contribution in [2.45, 2.75) is 30.3 Å². The molecule has 1 heteroatoms. The van der Waals surface area contributed by atoms with Crippen molar-refractivity contribution in [2.75, 3.05) is 0 Å². The molecular weight excluding hydrogens is 555 g/mol. The summed E-state index contributed by atoms with van der Waals surface area (Å²) in [6.45, 7) is 8.55. The standard InChI is InChI=1S/C45H37N/c1-3-4-14-31(2)45(34-16-6-5-7-17-34)43-22-13-12-21-40(43)41-28-27-36(30-44(41)45)46-35-25-23-32(24-26-35)42-29-33-15-8-9-18-37(33)38-19-10-11-20-39(38)42/h3-25,27-29,35-36,46H,1-2,26,30H2/b14-4-/i27D,28D. The van der Waals surface area contributed by atoms with Gasteiger partial charge in [0.2, 0.25) is 0 Å². The summed E-state index contributed by atoms with van der Waals surface area (Å²) in [4.78, 5) is 0. The van der Waals surface area contributed by atoms with Crippen LogP contribution in [0.3, 0.4) is 0 Å². The minimum absolute atomic E-state index is 0.0412. The van der Waals surface area contributed by atoms with Gasteiger partial charge < -0.3 is 5.32 Å². The summed E-state index contributed by atoms with van der Waals surface area (Å²) >= 11 is 0. The average Bonchev–Trinajstić information content (AvgIpc) is 3.44. The highest BCUT2D eigenvalue weighted by atomic mass is 14.9. The Kier molecular flexibility index (Phi) is 6.56. The van der Waals surface area contributed by atoms with Crippen LogP contribution in [-0.2, 0) is 5.41 Å². The fraction of sp³-hybridized carbons (Fsp3) is 0.111. The van der Waals surface area contributed by atoms with E-state index >= 15 is 0 Å². The quantitative estimate of drug-likeness (QED) is 0.146. The number of hydrogen-bond acceptors (Lipinski definition) is 1. The molecule has 3 atom stereocenters. The summed E-state index contributed by atoms with van der Waals surface area (Å²) in [7, 11) is 0. The summed E-state index contributed by atoms with van der Waals surface area (Å²) < 4.78 is 18.6. The number of nitrogens with one attached hydrogen (secondary N) is 1. The second kappa shape index (κ2) is 11.6. The van der Waals surface area contributed by atoms with Gasteiger partial charge in [-0.2, -0.15) is 0 Å². The van der Waals surface area contributed by atoms with E-state index in [0.717, 1.165) is 39.8 Å². The first-order valence-electron chi connectivity index (χ1n) is 17.1. The number of allylic oxidation sites excluding steroid dienone is 8. The van der Waals surface area contributed by atoms with Gasteiger partial charge >= 0.3 is 0 Å². The van der Waals surface area contributed by atoms with Crippen molar-refractivity contribution in [1.29, 1.82) is 0 Å². The lowest BCUT2D eigenvalue weighted by Gasteiger charge is -2.38. The van der Waals surface area contributed by atoms with Crippen LogP contribution < -0.4 is 5.32 Å². The molecule has 0 saturated carbocycles. The number of fused-ring (bicyclic) bond motifs is 5. The SMILES string of the molecule is [2H]C1=C([2H])C(NC2C=CC(c3cc4ccccc4c4ccccc34)=CC2)CC2=C1c1ccccc1C2(C(=C)/C=C\C=C)c1ccccc1. The lowest BCUT2D eigenvalue weighted by Crippen LogP contribution is -2.40. The monoisotopic (exact) mass is 593 g/mol. The number of rotatable bonds is 7. The highest BCUT2D eigenvalue weighted by Crippen LogP contribution is 2.57. The maximum atomic E-state index is 9.39. The molecule has 0 amide bonds. The second-order valence-electron chi connectivity index (χ2n) is 12.4. The van der Waals surface area contributed by atoms with E-state index in [1.165, 1.54) is 32.7 Å². The Labute approximate surface area is 274 Å². The first-order chi connectivity index (χ1) is 23.5. The van der Waals surface area contributed by atoms with E-state index < -0.39 is 5.41 Å². The van der Waals surface area contributed by atoms with Crippen LogP contribution >= 0.6 is 0 Å². The molecule has 1 N–H and O–H groups in total. The smallest absolute Gasteiger partial charge is 0.0671 e. The fourth-order valence-corrected chi connectivity index (χ4v) is 7.83. The van der Waals surface area contributed by atoms with Gasteiger partial charge in [-0.25, -0.2) is 0 Å². The summed E-state index contributed by atoms with van der Waals surface area (Å²) in [6, 6.07) is 38.8. The van der Waals surface area contributed by atoms with Crippen molar-refractivity contribution in [3.05, 3.63) is 204 Å². The molecule has 0 aliphatic heterocycles. The van der Waals surface area contributed by atoms with Crippen LogP contribution in [0.25, 0.3) is 32.7 Å². The fourth-order valence-electron chi connectivity index (χ4n) is 7.83. The maximum absolute atomic E-state index is 9.39. The van der Waals surface area contributed by atoms with E-state index in [1.807, 2.05) is 24.3 Å². The van der Waals surface area contributed by atoms with Gasteiger partial charge in [0.05, 0.1) is 8.16 Å². The Bertz CT molecular complexity index is 2280. The van der Waals surface area contributed by atoms with Crippen LogP contribution in [0.1, 0.15) is 37.8 Å². The number of benzene rings is 5. The molecule has 0 saturated heterocycles. The Morgan fingerprint density at radius 3 is 2.37 bits per heavy atom. The van der Waals surface area contributed by atoms with E-state index in [1.54, 1.807) is 6.08 Å². The van der Waals surface area contributed by atoms with Crippen molar-refractivity contribution in [3.8, 4) is 0 Å². The molecule has 0 bridgehead atoms. The van der Waals surface area contributed by atoms with Gasteiger partial charge in [0, 0.05) is 12.1 Å². The molecular formula is C45H37N. The number of hydrogen-bond donors (Lipinski definition) is 1. The zero-order chi connectivity index (χ0) is 32.8. The van der Waals surface area contributed by atoms with E-state index in [2.05, 4.69) is 134 Å². The maximum Gasteiger partial charge on any atom is 0.0671 e. The minimum atomic E-state index is -0.647. The Morgan fingerprint density at radius 2 is 1.57 bits per heavy atom. The van der Waals surface area contributed by atoms with E-state index in [9.17, 15) is 2.74 Å². The van der Waals surface area contributed by atoms with Gasteiger partial charge in [-0.15, -0.1) is 0 Å². The summed E-state index contributed by atoms with van der Waals surface area (Å²) in [6.07, 6.45) is 14.0. The molecule has 3 aliphatic carbocycles. The zero-order valence-electron chi connectivity index (χ0n) is 27.8. The lowest BCUT2D eigenvalue weighted by molar-refractivity contribution is 0.508. The van der Waals surface area contributed by atoms with Crippen LogP contribution in [0.2, 0.25) is 0 Å². The van der Waals surface area contributed by atoms with Gasteiger partial charge in [-0.3, -0.25) is 0 Å². The lowest BCUT2D eigenvalue weighted by atomic mass is 9.65. The third kappa shape index (κ3) is 4.50. The van der Waals surface area contributed by atoms with Crippen LogP contribution in [0.15, 0.2) is 182 Å². The van der Waals surface area contributed by atoms with Crippen LogP contribution in [0, 0.1) is 0 Å². The first-order valence-corrected chi connectivity index (χ1v) is 16.1. The van der Waals surface area contributed by atoms with Crippen molar-refractivity contribution in [3.63, 3.8) is 0 Å². The van der Waals surface area contributed by atoms with Crippen molar-refractivity contribution in [2.24, 2.45) is 0 Å². The summed E-state index contributed by atoms with van der Waals surface area (Å²) in [5.74, 6) is 0. The first kappa shape index (κ1) is 26.0. The molecule has 222 valence electrons. The van der Waals surface area contributed by atoms with E-state index in [4.69, 9.17) is 0 Å². The average molecular weight is 594 g/mol. The third-order valence-corrected chi connectivity index (χ3v) is 9.85. The summed E-state index contributed by atoms with van der Waals surface area (Å²) in [5.41, 5.74) is 7.99. The third-order valence-electron chi connectivity index (χ3n) is 9.85. The summed E-state index contributed by atoms with van der Waals surface area (Å²) in [5, 5.41) is 8.82. The highest BCUT2D eigenvalue weighted by Gasteiger charge is 2.48. The Hall–Kier alpha value is -5.24. The molecule has 0 spiro atoms. The Morgan fingerprint density at radius 1 is 0.826 bits per heavy atom. The van der Waals surface area contributed by atoms with Gasteiger partial charge in [0.1, 0.15) is 0 Å².